The summed E-state index contributed by atoms with van der Waals surface area (Å²) in [5.41, 5.74) is 1.50. The number of alkyl halides is 1. The number of aliphatic hydroxyl groups is 1. The molecule has 3 aliphatic rings. The summed E-state index contributed by atoms with van der Waals surface area (Å²) in [6.45, 7) is 4.60. The maximum atomic E-state index is 14.4. The first-order valence-corrected chi connectivity index (χ1v) is 14.3. The zero-order valence-corrected chi connectivity index (χ0v) is 22.7. The molecule has 12 heteroatoms. The molecule has 2 amide bonds. The number of hydrogen-bond donors (Lipinski definition) is 2. The molecule has 198 valence electrons. The Morgan fingerprint density at radius 2 is 2.08 bits per heavy atom. The fraction of sp³-hybridized carbons (Fsp3) is 0.560. The third-order valence-corrected chi connectivity index (χ3v) is 11.0. The maximum Gasteiger partial charge on any atom is 0.308 e. The first kappa shape index (κ1) is 26.2. The summed E-state index contributed by atoms with van der Waals surface area (Å²) >= 11 is 5.15. The smallest absolute Gasteiger partial charge is 0.308 e. The highest BCUT2D eigenvalue weighted by atomic mass is 79.9. The molecule has 3 fully saturated rings. The number of carboxylic acid groups (broad SMARTS) is 1. The molecule has 1 aromatic carbocycles. The number of aliphatic carboxylic acids is 1. The number of carbonyl (C=O) groups excluding carboxylic acids is 2. The van der Waals surface area contributed by atoms with E-state index in [1.165, 1.54) is 11.8 Å². The molecular weight excluding hydrogens is 562 g/mol. The average molecular weight is 593 g/mol. The Kier molecular flexibility index (Phi) is 7.34. The lowest BCUT2D eigenvalue weighted by molar-refractivity contribution is -0.148. The van der Waals surface area contributed by atoms with Crippen LogP contribution in [0.1, 0.15) is 25.7 Å². The third-order valence-electron chi connectivity index (χ3n) is 7.75. The highest BCUT2D eigenvalue weighted by molar-refractivity contribution is 9.09. The number of para-hydroxylation sites is 1. The van der Waals surface area contributed by atoms with E-state index in [4.69, 9.17) is 0 Å². The van der Waals surface area contributed by atoms with Gasteiger partial charge in [-0.05, 0) is 37.8 Å². The molecule has 1 aromatic heterocycles. The molecule has 2 bridgehead atoms. The second kappa shape index (κ2) is 10.4. The van der Waals surface area contributed by atoms with E-state index in [-0.39, 0.29) is 41.7 Å². The quantitative estimate of drug-likeness (QED) is 0.231. The van der Waals surface area contributed by atoms with Crippen LogP contribution in [0.4, 0.5) is 0 Å². The number of unbranched alkanes of at least 4 members (excludes halogenated alkanes) is 2. The van der Waals surface area contributed by atoms with Crippen LogP contribution in [0.15, 0.2) is 36.9 Å². The zero-order chi connectivity index (χ0) is 26.3. The van der Waals surface area contributed by atoms with Crippen molar-refractivity contribution >= 4 is 56.5 Å². The van der Waals surface area contributed by atoms with Gasteiger partial charge >= 0.3 is 5.97 Å². The highest BCUT2D eigenvalue weighted by Gasteiger charge is 2.75. The molecule has 6 atom stereocenters. The topological polar surface area (TPSA) is 129 Å². The number of aliphatic hydroxyl groups excluding tert-OH is 1. The van der Waals surface area contributed by atoms with Crippen LogP contribution < -0.4 is 0 Å². The summed E-state index contributed by atoms with van der Waals surface area (Å²) < 4.78 is 0.831. The normalized spacial score (nSPS) is 30.2. The van der Waals surface area contributed by atoms with Gasteiger partial charge in [-0.2, -0.15) is 0 Å². The molecule has 3 saturated heterocycles. The number of aromatic nitrogens is 3. The van der Waals surface area contributed by atoms with E-state index in [0.29, 0.717) is 37.7 Å². The van der Waals surface area contributed by atoms with E-state index in [1.54, 1.807) is 20.6 Å². The van der Waals surface area contributed by atoms with Gasteiger partial charge in [0.05, 0.1) is 22.1 Å². The lowest BCUT2D eigenvalue weighted by Gasteiger charge is -2.37. The van der Waals surface area contributed by atoms with Crippen LogP contribution in [0.2, 0.25) is 0 Å². The SMILES string of the molecule is C=CCN(Cn1nnc2ccccc21)C(=O)C1N(CCCCCO)C(=O)[C@@H]2[C@@H](C(=O)O)[C@@H]3SC12CC3Br. The average Bonchev–Trinajstić information content (AvgIpc) is 3.59. The molecule has 10 nitrogen and oxygen atoms in total. The Bertz CT molecular complexity index is 1230. The molecular formula is C25H30BrN5O5S. The molecule has 0 saturated carbocycles. The minimum absolute atomic E-state index is 0.0612. The Labute approximate surface area is 227 Å². The minimum atomic E-state index is -0.993. The number of halogens is 1. The number of thioether (sulfide) groups is 1. The number of carbonyl (C=O) groups is 3. The van der Waals surface area contributed by atoms with Crippen molar-refractivity contribution in [2.75, 3.05) is 19.7 Å². The van der Waals surface area contributed by atoms with Crippen LogP contribution in [0.3, 0.4) is 0 Å². The molecule has 4 heterocycles. The Morgan fingerprint density at radius 3 is 2.81 bits per heavy atom. The van der Waals surface area contributed by atoms with Crippen LogP contribution >= 0.6 is 27.7 Å². The first-order chi connectivity index (χ1) is 17.8. The van der Waals surface area contributed by atoms with Crippen molar-refractivity contribution in [1.29, 1.82) is 0 Å². The summed E-state index contributed by atoms with van der Waals surface area (Å²) in [6.07, 6.45) is 4.12. The number of carboxylic acids is 1. The summed E-state index contributed by atoms with van der Waals surface area (Å²) in [4.78, 5) is 43.6. The maximum absolute atomic E-state index is 14.4. The van der Waals surface area contributed by atoms with Crippen LogP contribution in [0, 0.1) is 11.8 Å². The number of likely N-dealkylation sites (tertiary alicyclic amines) is 1. The van der Waals surface area contributed by atoms with Gasteiger partial charge in [0.25, 0.3) is 0 Å². The van der Waals surface area contributed by atoms with Gasteiger partial charge in [-0.3, -0.25) is 14.4 Å². The fourth-order valence-electron chi connectivity index (χ4n) is 6.23. The van der Waals surface area contributed by atoms with Crippen LogP contribution in [0.25, 0.3) is 11.0 Å². The predicted molar refractivity (Wildman–Crippen MR) is 142 cm³/mol. The number of fused-ring (bicyclic) bond motifs is 2. The van der Waals surface area contributed by atoms with Gasteiger partial charge in [0, 0.05) is 29.8 Å². The van der Waals surface area contributed by atoms with Crippen LogP contribution in [0.5, 0.6) is 0 Å². The predicted octanol–water partition coefficient (Wildman–Crippen LogP) is 2.12. The van der Waals surface area contributed by atoms with E-state index in [0.717, 1.165) is 5.52 Å². The summed E-state index contributed by atoms with van der Waals surface area (Å²) in [6, 6.07) is 6.69. The molecule has 0 aliphatic carbocycles. The molecule has 3 aliphatic heterocycles. The second-order valence-electron chi connectivity index (χ2n) is 9.89. The van der Waals surface area contributed by atoms with E-state index in [2.05, 4.69) is 32.8 Å². The fourth-order valence-corrected chi connectivity index (χ4v) is 9.83. The Balaban J connectivity index is 1.51. The Morgan fingerprint density at radius 1 is 1.30 bits per heavy atom. The largest absolute Gasteiger partial charge is 0.481 e. The van der Waals surface area contributed by atoms with Crippen molar-refractivity contribution in [2.45, 2.75) is 53.2 Å². The van der Waals surface area contributed by atoms with Gasteiger partial charge in [0.2, 0.25) is 11.8 Å². The van der Waals surface area contributed by atoms with Crippen molar-refractivity contribution in [3.05, 3.63) is 36.9 Å². The van der Waals surface area contributed by atoms with E-state index >= 15 is 0 Å². The number of rotatable bonds is 11. The van der Waals surface area contributed by atoms with E-state index in [9.17, 15) is 24.6 Å². The molecule has 3 unspecified atom stereocenters. The zero-order valence-electron chi connectivity index (χ0n) is 20.3. The van der Waals surface area contributed by atoms with Crippen molar-refractivity contribution in [3.63, 3.8) is 0 Å². The van der Waals surface area contributed by atoms with Crippen molar-refractivity contribution in [2.24, 2.45) is 11.8 Å². The van der Waals surface area contributed by atoms with Crippen LogP contribution in [-0.4, -0.2) is 93.4 Å². The van der Waals surface area contributed by atoms with E-state index < -0.39 is 28.6 Å². The van der Waals surface area contributed by atoms with Crippen molar-refractivity contribution in [1.82, 2.24) is 24.8 Å². The van der Waals surface area contributed by atoms with Gasteiger partial charge in [-0.15, -0.1) is 23.4 Å². The van der Waals surface area contributed by atoms with Gasteiger partial charge < -0.3 is 20.0 Å². The molecule has 0 radical (unpaired) electrons. The number of amides is 2. The van der Waals surface area contributed by atoms with Crippen LogP contribution in [-0.2, 0) is 21.1 Å². The molecule has 1 spiro atoms. The first-order valence-electron chi connectivity index (χ1n) is 12.5. The lowest BCUT2D eigenvalue weighted by Crippen LogP contribution is -2.55. The van der Waals surface area contributed by atoms with Gasteiger partial charge in [-0.1, -0.05) is 39.4 Å². The molecule has 2 N–H and O–H groups in total. The summed E-state index contributed by atoms with van der Waals surface area (Å²) in [5.74, 6) is -3.09. The lowest BCUT2D eigenvalue weighted by atomic mass is 9.71. The molecule has 2 aromatic rings. The highest BCUT2D eigenvalue weighted by Crippen LogP contribution is 2.67. The monoisotopic (exact) mass is 591 g/mol. The summed E-state index contributed by atoms with van der Waals surface area (Å²) in [7, 11) is 0. The standard InChI is InChI=1S/C25H30BrN5O5S/c1-2-10-29(14-31-17-9-5-4-8-16(17)27-28-31)23(34)21-25-13-15(26)20(37-25)18(24(35)36)19(25)22(33)30(21)11-6-3-7-12-32/h2,4-5,8-9,15,18-21,32H,1,3,6-7,10-14H2,(H,35,36)/t15?,18-,19+,20-,21?,25?/m1/s1. The van der Waals surface area contributed by atoms with Gasteiger partial charge in [-0.25, -0.2) is 4.68 Å². The van der Waals surface area contributed by atoms with Crippen molar-refractivity contribution in [3.8, 4) is 0 Å². The van der Waals surface area contributed by atoms with Crippen molar-refractivity contribution < 1.29 is 24.6 Å². The summed E-state index contributed by atoms with van der Waals surface area (Å²) in [5, 5.41) is 27.4. The minimum Gasteiger partial charge on any atom is -0.481 e. The Hall–Kier alpha value is -2.44. The van der Waals surface area contributed by atoms with Gasteiger partial charge in [0.15, 0.2) is 0 Å². The molecule has 37 heavy (non-hydrogen) atoms. The number of hydrogen-bond acceptors (Lipinski definition) is 7. The van der Waals surface area contributed by atoms with E-state index in [1.807, 2.05) is 24.3 Å². The number of benzene rings is 1. The molecule has 5 rings (SSSR count). The van der Waals surface area contributed by atoms with Gasteiger partial charge in [0.1, 0.15) is 18.2 Å². The number of nitrogens with zero attached hydrogens (tertiary/aromatic N) is 5. The third kappa shape index (κ3) is 4.26. The second-order valence-corrected chi connectivity index (χ2v) is 12.6.